The Labute approximate surface area is 195 Å². The van der Waals surface area contributed by atoms with Gasteiger partial charge in [0.1, 0.15) is 5.82 Å². The Morgan fingerprint density at radius 1 is 0.735 bits per heavy atom. The second kappa shape index (κ2) is 8.12. The second-order valence-corrected chi connectivity index (χ2v) is 8.28. The topological polar surface area (TPSA) is 81.8 Å². The number of rotatable bonds is 4. The summed E-state index contributed by atoms with van der Waals surface area (Å²) in [6.45, 7) is 0. The lowest BCUT2D eigenvalue weighted by atomic mass is 10.1. The van der Waals surface area contributed by atoms with Crippen LogP contribution in [0.25, 0.3) is 22.1 Å². The zero-order valence-electron chi connectivity index (χ0n) is 18.3. The van der Waals surface area contributed by atoms with Gasteiger partial charge in [-0.1, -0.05) is 54.6 Å². The lowest BCUT2D eigenvalue weighted by Gasteiger charge is -2.13. The maximum Gasteiger partial charge on any atom is 0.279 e. The highest BCUT2D eigenvalue weighted by Crippen LogP contribution is 2.31. The molecule has 5 aromatic rings. The minimum atomic E-state index is -0.382. The number of nitrogens with one attached hydrogen (secondary N) is 1. The van der Waals surface area contributed by atoms with Crippen LogP contribution in [0.3, 0.4) is 0 Å². The summed E-state index contributed by atoms with van der Waals surface area (Å²) in [6.07, 6.45) is 2.75. The Morgan fingerprint density at radius 3 is 2.06 bits per heavy atom. The normalized spacial score (nSPS) is 12.6. The molecular weight excluding hydrogens is 426 g/mol. The zero-order chi connectivity index (χ0) is 23.1. The average Bonchev–Trinajstić information content (AvgIpc) is 3.48. The van der Waals surface area contributed by atoms with Crippen LogP contribution in [0.4, 0.5) is 5.82 Å². The van der Waals surface area contributed by atoms with E-state index in [9.17, 15) is 9.59 Å². The maximum absolute atomic E-state index is 13.7. The molecule has 0 bridgehead atoms. The highest BCUT2D eigenvalue weighted by Gasteiger charge is 2.26. The van der Waals surface area contributed by atoms with Gasteiger partial charge in [-0.2, -0.15) is 14.9 Å². The monoisotopic (exact) mass is 447 g/mol. The van der Waals surface area contributed by atoms with Crippen LogP contribution < -0.4 is 10.9 Å². The number of aromatic nitrogens is 4. The number of carbonyl (C=O) groups excluding carboxylic acids is 1. The van der Waals surface area contributed by atoms with E-state index >= 15 is 0 Å². The van der Waals surface area contributed by atoms with Crippen molar-refractivity contribution in [2.45, 2.75) is 19.3 Å². The molecule has 0 radical (unpaired) electrons. The summed E-state index contributed by atoms with van der Waals surface area (Å²) in [5.74, 6) is 0.278. The summed E-state index contributed by atoms with van der Waals surface area (Å²) >= 11 is 0. The van der Waals surface area contributed by atoms with Gasteiger partial charge < -0.3 is 5.32 Å². The lowest BCUT2D eigenvalue weighted by Crippen LogP contribution is -2.27. The van der Waals surface area contributed by atoms with E-state index in [2.05, 4.69) is 10.4 Å². The Bertz CT molecular complexity index is 1590. The molecule has 2 heterocycles. The van der Waals surface area contributed by atoms with Crippen molar-refractivity contribution in [3.8, 4) is 11.4 Å². The van der Waals surface area contributed by atoms with Crippen molar-refractivity contribution in [1.82, 2.24) is 19.6 Å². The first-order valence-electron chi connectivity index (χ1n) is 11.3. The van der Waals surface area contributed by atoms with Crippen LogP contribution in [0.5, 0.6) is 0 Å². The molecule has 0 unspecified atom stereocenters. The molecule has 1 aliphatic rings. The van der Waals surface area contributed by atoms with Crippen molar-refractivity contribution < 1.29 is 4.79 Å². The lowest BCUT2D eigenvalue weighted by molar-refractivity contribution is 0.102. The first-order valence-corrected chi connectivity index (χ1v) is 11.3. The summed E-state index contributed by atoms with van der Waals surface area (Å²) in [5.41, 5.74) is 3.45. The molecule has 3 aromatic carbocycles. The summed E-state index contributed by atoms with van der Waals surface area (Å²) in [7, 11) is 0. The van der Waals surface area contributed by atoms with Gasteiger partial charge in [0, 0.05) is 10.9 Å². The van der Waals surface area contributed by atoms with Crippen molar-refractivity contribution in [2.24, 2.45) is 0 Å². The second-order valence-electron chi connectivity index (χ2n) is 8.28. The van der Waals surface area contributed by atoms with Gasteiger partial charge in [-0.05, 0) is 49.6 Å². The van der Waals surface area contributed by atoms with Crippen molar-refractivity contribution in [1.29, 1.82) is 0 Å². The van der Waals surface area contributed by atoms with E-state index in [0.29, 0.717) is 22.3 Å². The smallest absolute Gasteiger partial charge is 0.279 e. The van der Waals surface area contributed by atoms with Crippen LogP contribution in [0.2, 0.25) is 0 Å². The number of nitrogens with zero attached hydrogens (tertiary/aromatic N) is 4. The van der Waals surface area contributed by atoms with E-state index in [0.717, 1.165) is 36.2 Å². The number of hydrogen-bond donors (Lipinski definition) is 1. The van der Waals surface area contributed by atoms with Crippen LogP contribution in [-0.2, 0) is 12.8 Å². The molecule has 0 saturated heterocycles. The number of para-hydroxylation sites is 2. The van der Waals surface area contributed by atoms with E-state index < -0.39 is 0 Å². The van der Waals surface area contributed by atoms with Crippen LogP contribution >= 0.6 is 0 Å². The number of carbonyl (C=O) groups is 1. The fraction of sp³-hybridized carbons (Fsp3) is 0.111. The maximum atomic E-state index is 13.7. The molecule has 0 spiro atoms. The van der Waals surface area contributed by atoms with Gasteiger partial charge in [-0.25, -0.2) is 4.68 Å². The van der Waals surface area contributed by atoms with Gasteiger partial charge >= 0.3 is 0 Å². The van der Waals surface area contributed by atoms with Crippen LogP contribution in [0.15, 0.2) is 89.7 Å². The van der Waals surface area contributed by atoms with Gasteiger partial charge in [0.25, 0.3) is 11.5 Å². The molecule has 0 atom stereocenters. The third kappa shape index (κ3) is 3.29. The SMILES string of the molecule is O=C(Nc1c2c(nn1-c1ccccc1)CCC2)c1nn(-c2ccccc2)c(=O)c2ccccc12. The van der Waals surface area contributed by atoms with Crippen LogP contribution in [-0.4, -0.2) is 25.5 Å². The molecule has 2 aromatic heterocycles. The molecule has 34 heavy (non-hydrogen) atoms. The van der Waals surface area contributed by atoms with E-state index in [1.165, 1.54) is 4.68 Å². The van der Waals surface area contributed by atoms with E-state index in [-0.39, 0.29) is 17.2 Å². The van der Waals surface area contributed by atoms with Gasteiger partial charge in [-0.15, -0.1) is 0 Å². The summed E-state index contributed by atoms with van der Waals surface area (Å²) in [4.78, 5) is 26.8. The number of anilines is 1. The van der Waals surface area contributed by atoms with E-state index in [1.807, 2.05) is 48.5 Å². The minimum absolute atomic E-state index is 0.187. The van der Waals surface area contributed by atoms with Gasteiger partial charge in [0.15, 0.2) is 5.69 Å². The fourth-order valence-electron chi connectivity index (χ4n) is 4.54. The van der Waals surface area contributed by atoms with Crippen molar-refractivity contribution >= 4 is 22.5 Å². The van der Waals surface area contributed by atoms with Gasteiger partial charge in [0.05, 0.1) is 22.5 Å². The van der Waals surface area contributed by atoms with Gasteiger partial charge in [0.2, 0.25) is 0 Å². The fourth-order valence-corrected chi connectivity index (χ4v) is 4.54. The quantitative estimate of drug-likeness (QED) is 0.445. The third-order valence-corrected chi connectivity index (χ3v) is 6.16. The Morgan fingerprint density at radius 2 is 1.35 bits per heavy atom. The molecule has 1 aliphatic carbocycles. The molecular formula is C27H21N5O2. The minimum Gasteiger partial charge on any atom is -0.305 e. The number of hydrogen-bond acceptors (Lipinski definition) is 4. The first kappa shape index (κ1) is 20.1. The standard InChI is InChI=1S/C27H21N5O2/c33-26(28-25-22-16-9-17-23(22)29-31(25)18-10-3-1-4-11-18)24-20-14-7-8-15-21(20)27(34)32(30-24)19-12-5-2-6-13-19/h1-8,10-15H,9,16-17H2,(H,28,33). The van der Waals surface area contributed by atoms with Crippen molar-refractivity contribution in [3.05, 3.63) is 112 Å². The van der Waals surface area contributed by atoms with Crippen LogP contribution in [0.1, 0.15) is 28.2 Å². The molecule has 0 aliphatic heterocycles. The van der Waals surface area contributed by atoms with Crippen molar-refractivity contribution in [3.63, 3.8) is 0 Å². The molecule has 7 nitrogen and oxygen atoms in total. The molecule has 0 saturated carbocycles. The number of benzene rings is 3. The number of fused-ring (bicyclic) bond motifs is 2. The molecule has 7 heteroatoms. The largest absolute Gasteiger partial charge is 0.305 e. The van der Waals surface area contributed by atoms with Crippen LogP contribution in [0, 0.1) is 0 Å². The Hall–Kier alpha value is -4.52. The van der Waals surface area contributed by atoms with E-state index in [4.69, 9.17) is 5.10 Å². The summed E-state index contributed by atoms with van der Waals surface area (Å²) in [5, 5.41) is 13.3. The Balaban J connectivity index is 1.49. The number of amides is 1. The summed E-state index contributed by atoms with van der Waals surface area (Å²) in [6, 6.07) is 26.0. The highest BCUT2D eigenvalue weighted by atomic mass is 16.2. The number of aryl methyl sites for hydroxylation is 1. The van der Waals surface area contributed by atoms with E-state index in [1.54, 1.807) is 41.1 Å². The zero-order valence-corrected chi connectivity index (χ0v) is 18.3. The Kier molecular flexibility index (Phi) is 4.80. The predicted molar refractivity (Wildman–Crippen MR) is 131 cm³/mol. The molecule has 1 amide bonds. The molecule has 166 valence electrons. The van der Waals surface area contributed by atoms with Gasteiger partial charge in [-0.3, -0.25) is 9.59 Å². The molecule has 1 N–H and O–H groups in total. The molecule has 0 fully saturated rings. The average molecular weight is 447 g/mol. The molecule has 6 rings (SSSR count). The predicted octanol–water partition coefficient (Wildman–Crippen LogP) is 4.31. The third-order valence-electron chi connectivity index (χ3n) is 6.16. The van der Waals surface area contributed by atoms with Crippen molar-refractivity contribution in [2.75, 3.05) is 5.32 Å². The summed E-state index contributed by atoms with van der Waals surface area (Å²) < 4.78 is 3.08. The first-order chi connectivity index (χ1) is 16.7. The highest BCUT2D eigenvalue weighted by molar-refractivity contribution is 6.11.